The first-order chi connectivity index (χ1) is 12.5. The lowest BCUT2D eigenvalue weighted by atomic mass is 9.82. The van der Waals surface area contributed by atoms with Crippen LogP contribution in [0.4, 0.5) is 5.00 Å². The Morgan fingerprint density at radius 1 is 1.19 bits per heavy atom. The van der Waals surface area contributed by atoms with Gasteiger partial charge in [-0.3, -0.25) is 9.59 Å². The molecule has 2 unspecified atom stereocenters. The van der Waals surface area contributed by atoms with Crippen LogP contribution < -0.4 is 5.32 Å². The zero-order valence-electron chi connectivity index (χ0n) is 14.2. The number of thiophene rings is 1. The molecule has 0 spiro atoms. The summed E-state index contributed by atoms with van der Waals surface area (Å²) in [4.78, 5) is 36.4. The SMILES string of the molecule is COC(=O)c1c(C2=CC=CC2)csc1NC(=O)C1CC=CCC1C(=O)O. The molecule has 26 heavy (non-hydrogen) atoms. The smallest absolute Gasteiger partial charge is 0.341 e. The van der Waals surface area contributed by atoms with Crippen LogP contribution >= 0.6 is 11.3 Å². The highest BCUT2D eigenvalue weighted by Gasteiger charge is 2.35. The fourth-order valence-corrected chi connectivity index (χ4v) is 4.19. The van der Waals surface area contributed by atoms with Gasteiger partial charge in [-0.2, -0.15) is 0 Å². The summed E-state index contributed by atoms with van der Waals surface area (Å²) in [5.74, 6) is -3.33. The Bertz CT molecular complexity index is 833. The van der Waals surface area contributed by atoms with Gasteiger partial charge in [0.25, 0.3) is 0 Å². The zero-order valence-corrected chi connectivity index (χ0v) is 15.0. The number of amides is 1. The van der Waals surface area contributed by atoms with Crippen LogP contribution in [0.5, 0.6) is 0 Å². The van der Waals surface area contributed by atoms with E-state index in [0.717, 1.165) is 11.1 Å². The van der Waals surface area contributed by atoms with Crippen LogP contribution in [-0.4, -0.2) is 30.1 Å². The van der Waals surface area contributed by atoms with Crippen molar-refractivity contribution in [2.45, 2.75) is 19.3 Å². The first-order valence-electron chi connectivity index (χ1n) is 8.27. The molecule has 0 bridgehead atoms. The van der Waals surface area contributed by atoms with Gasteiger partial charge in [0, 0.05) is 10.9 Å². The van der Waals surface area contributed by atoms with E-state index in [1.165, 1.54) is 18.4 Å². The number of aliphatic carboxylic acids is 1. The Balaban J connectivity index is 1.87. The Morgan fingerprint density at radius 3 is 2.54 bits per heavy atom. The second kappa shape index (κ2) is 7.70. The van der Waals surface area contributed by atoms with E-state index >= 15 is 0 Å². The topological polar surface area (TPSA) is 92.7 Å². The molecule has 1 aromatic heterocycles. The van der Waals surface area contributed by atoms with Crippen LogP contribution in [0.25, 0.3) is 5.57 Å². The highest BCUT2D eigenvalue weighted by atomic mass is 32.1. The van der Waals surface area contributed by atoms with Gasteiger partial charge in [-0.15, -0.1) is 11.3 Å². The average molecular weight is 373 g/mol. The zero-order chi connectivity index (χ0) is 18.7. The lowest BCUT2D eigenvalue weighted by Gasteiger charge is -2.24. The van der Waals surface area contributed by atoms with Crippen LogP contribution in [0, 0.1) is 11.8 Å². The molecule has 0 aliphatic heterocycles. The Labute approximate surface area is 154 Å². The monoisotopic (exact) mass is 373 g/mol. The van der Waals surface area contributed by atoms with Gasteiger partial charge >= 0.3 is 11.9 Å². The van der Waals surface area contributed by atoms with Gasteiger partial charge in [-0.1, -0.05) is 30.4 Å². The molecule has 2 aliphatic rings. The number of carbonyl (C=O) groups is 3. The number of nitrogens with one attached hydrogen (secondary N) is 1. The van der Waals surface area contributed by atoms with E-state index in [9.17, 15) is 19.5 Å². The largest absolute Gasteiger partial charge is 0.481 e. The predicted molar refractivity (Wildman–Crippen MR) is 99.0 cm³/mol. The number of carboxylic acid groups (broad SMARTS) is 1. The molecule has 0 fully saturated rings. The van der Waals surface area contributed by atoms with Gasteiger partial charge in [0.2, 0.25) is 5.91 Å². The highest BCUT2D eigenvalue weighted by Crippen LogP contribution is 2.37. The van der Waals surface area contributed by atoms with Crippen molar-refractivity contribution in [3.05, 3.63) is 46.9 Å². The maximum atomic E-state index is 12.7. The minimum absolute atomic E-state index is 0.319. The Hall–Kier alpha value is -2.67. The molecular formula is C19H19NO5S. The number of hydrogen-bond donors (Lipinski definition) is 2. The van der Waals surface area contributed by atoms with E-state index in [-0.39, 0.29) is 5.91 Å². The Morgan fingerprint density at radius 2 is 1.92 bits per heavy atom. The summed E-state index contributed by atoms with van der Waals surface area (Å²) in [6, 6.07) is 0. The maximum Gasteiger partial charge on any atom is 0.341 e. The third-order valence-corrected chi connectivity index (χ3v) is 5.52. The fourth-order valence-electron chi connectivity index (χ4n) is 3.22. The number of anilines is 1. The lowest BCUT2D eigenvalue weighted by molar-refractivity contribution is -0.146. The minimum Gasteiger partial charge on any atom is -0.481 e. The molecular weight excluding hydrogens is 354 g/mol. The number of esters is 1. The fraction of sp³-hybridized carbons (Fsp3) is 0.316. The number of rotatable bonds is 5. The molecule has 1 heterocycles. The summed E-state index contributed by atoms with van der Waals surface area (Å²) in [5, 5.41) is 14.3. The lowest BCUT2D eigenvalue weighted by Crippen LogP contribution is -2.34. The number of allylic oxidation sites excluding steroid dienone is 6. The molecule has 1 aromatic rings. The van der Waals surface area contributed by atoms with Crippen molar-refractivity contribution in [2.75, 3.05) is 12.4 Å². The summed E-state index contributed by atoms with van der Waals surface area (Å²) in [5.41, 5.74) is 2.03. The van der Waals surface area contributed by atoms with Gasteiger partial charge in [0.05, 0.1) is 18.9 Å². The van der Waals surface area contributed by atoms with Crippen molar-refractivity contribution in [3.8, 4) is 0 Å². The second-order valence-electron chi connectivity index (χ2n) is 6.15. The van der Waals surface area contributed by atoms with E-state index in [1.54, 1.807) is 6.08 Å². The van der Waals surface area contributed by atoms with Crippen molar-refractivity contribution in [1.82, 2.24) is 0 Å². The first kappa shape index (κ1) is 18.1. The quantitative estimate of drug-likeness (QED) is 0.609. The maximum absolute atomic E-state index is 12.7. The van der Waals surface area contributed by atoms with E-state index in [1.807, 2.05) is 29.7 Å². The summed E-state index contributed by atoms with van der Waals surface area (Å²) in [6.45, 7) is 0. The predicted octanol–water partition coefficient (Wildman–Crippen LogP) is 3.48. The number of methoxy groups -OCH3 is 1. The van der Waals surface area contributed by atoms with Crippen LogP contribution in [-0.2, 0) is 14.3 Å². The molecule has 2 N–H and O–H groups in total. The van der Waals surface area contributed by atoms with Crippen molar-refractivity contribution in [1.29, 1.82) is 0 Å². The van der Waals surface area contributed by atoms with E-state index in [4.69, 9.17) is 4.74 Å². The first-order valence-corrected chi connectivity index (χ1v) is 9.15. The van der Waals surface area contributed by atoms with Gasteiger partial charge in [0.15, 0.2) is 0 Å². The molecule has 0 saturated heterocycles. The van der Waals surface area contributed by atoms with Gasteiger partial charge in [0.1, 0.15) is 10.6 Å². The van der Waals surface area contributed by atoms with Crippen LogP contribution in [0.3, 0.4) is 0 Å². The van der Waals surface area contributed by atoms with Crippen LogP contribution in [0.2, 0.25) is 0 Å². The molecule has 2 atom stereocenters. The third-order valence-electron chi connectivity index (χ3n) is 4.62. The number of hydrogen-bond acceptors (Lipinski definition) is 5. The van der Waals surface area contributed by atoms with E-state index < -0.39 is 23.8 Å². The molecule has 0 radical (unpaired) electrons. The third kappa shape index (κ3) is 3.48. The average Bonchev–Trinajstić information content (AvgIpc) is 3.30. The van der Waals surface area contributed by atoms with Crippen molar-refractivity contribution in [2.24, 2.45) is 11.8 Å². The molecule has 2 aliphatic carbocycles. The summed E-state index contributed by atoms with van der Waals surface area (Å²) in [7, 11) is 1.29. The summed E-state index contributed by atoms with van der Waals surface area (Å²) >= 11 is 1.24. The minimum atomic E-state index is -0.989. The number of carbonyl (C=O) groups excluding carboxylic acids is 2. The molecule has 0 aromatic carbocycles. The van der Waals surface area contributed by atoms with Gasteiger partial charge < -0.3 is 15.2 Å². The molecule has 3 rings (SSSR count). The number of ether oxygens (including phenoxy) is 1. The van der Waals surface area contributed by atoms with Gasteiger partial charge in [-0.25, -0.2) is 4.79 Å². The van der Waals surface area contributed by atoms with Crippen molar-refractivity contribution >= 4 is 39.8 Å². The highest BCUT2D eigenvalue weighted by molar-refractivity contribution is 7.15. The standard InChI is InChI=1S/C19H19NO5S/c1-25-19(24)15-14(11-6-2-3-7-11)10-26-17(15)20-16(21)12-8-4-5-9-13(12)18(22)23/h2-6,10,12-13H,7-9H2,1H3,(H,20,21)(H,22,23). The Kier molecular flexibility index (Phi) is 5.37. The number of carboxylic acids is 1. The van der Waals surface area contributed by atoms with Crippen molar-refractivity contribution in [3.63, 3.8) is 0 Å². The van der Waals surface area contributed by atoms with Crippen LogP contribution in [0.15, 0.2) is 35.8 Å². The molecule has 0 saturated carbocycles. The summed E-state index contributed by atoms with van der Waals surface area (Å²) in [6.07, 6.45) is 10.8. The molecule has 7 heteroatoms. The van der Waals surface area contributed by atoms with Gasteiger partial charge in [-0.05, 0) is 24.8 Å². The molecule has 1 amide bonds. The van der Waals surface area contributed by atoms with E-state index in [2.05, 4.69) is 5.32 Å². The molecule has 6 nitrogen and oxygen atoms in total. The molecule has 136 valence electrons. The normalized spacial score (nSPS) is 21.3. The summed E-state index contributed by atoms with van der Waals surface area (Å²) < 4.78 is 4.89. The van der Waals surface area contributed by atoms with E-state index in [0.29, 0.717) is 29.8 Å². The second-order valence-corrected chi connectivity index (χ2v) is 7.03. The van der Waals surface area contributed by atoms with Crippen LogP contribution in [0.1, 0.15) is 35.2 Å². The van der Waals surface area contributed by atoms with Crippen molar-refractivity contribution < 1.29 is 24.2 Å².